The number of benzene rings is 1. The van der Waals surface area contributed by atoms with E-state index in [9.17, 15) is 20.1 Å². The van der Waals surface area contributed by atoms with Crippen LogP contribution in [0.1, 0.15) is 0 Å². The van der Waals surface area contributed by atoms with Crippen molar-refractivity contribution in [3.05, 3.63) is 36.7 Å². The van der Waals surface area contributed by atoms with Crippen molar-refractivity contribution in [2.45, 2.75) is 0 Å². The van der Waals surface area contributed by atoms with Crippen molar-refractivity contribution >= 4 is 47.0 Å². The van der Waals surface area contributed by atoms with Crippen LogP contribution in [0.2, 0.25) is 0 Å². The lowest BCUT2D eigenvalue weighted by Gasteiger charge is -2.09. The number of hydrogen-bond donors (Lipinski definition) is 4. The molecular weight excluding hydrogens is 258 g/mol. The average Bonchev–Trinajstić information content (AvgIpc) is 2.45. The van der Waals surface area contributed by atoms with E-state index in [1.54, 1.807) is 12.1 Å². The highest BCUT2D eigenvalue weighted by Crippen LogP contribution is 2.19. The lowest BCUT2D eigenvalue weighted by atomic mass is 9.76. The molecule has 98 valence electrons. The van der Waals surface area contributed by atoms with E-state index in [0.717, 1.165) is 0 Å². The van der Waals surface area contributed by atoms with Crippen molar-refractivity contribution in [1.82, 2.24) is 9.97 Å². The van der Waals surface area contributed by atoms with Crippen LogP contribution in [0.25, 0.3) is 21.8 Å². The SMILES string of the molecule is OB(O)c1ccnc2c1ccc1c(B(O)O)ccnc12. The molecule has 0 fully saturated rings. The monoisotopic (exact) mass is 268 g/mol. The highest BCUT2D eigenvalue weighted by molar-refractivity contribution is 6.63. The number of aromatic nitrogens is 2. The van der Waals surface area contributed by atoms with Crippen LogP contribution in [0, 0.1) is 0 Å². The van der Waals surface area contributed by atoms with Gasteiger partial charge in [0.1, 0.15) is 0 Å². The van der Waals surface area contributed by atoms with Gasteiger partial charge in [0.05, 0.1) is 11.0 Å². The molecule has 2 heterocycles. The summed E-state index contributed by atoms with van der Waals surface area (Å²) in [6.45, 7) is 0. The quantitative estimate of drug-likeness (QED) is 0.321. The summed E-state index contributed by atoms with van der Waals surface area (Å²) in [5.74, 6) is 0. The maximum Gasteiger partial charge on any atom is 0.489 e. The molecule has 0 amide bonds. The fourth-order valence-corrected chi connectivity index (χ4v) is 2.32. The first kappa shape index (κ1) is 13.0. The Balaban J connectivity index is 2.43. The highest BCUT2D eigenvalue weighted by atomic mass is 16.4. The number of nitrogens with zero attached hydrogens (tertiary/aromatic N) is 2. The van der Waals surface area contributed by atoms with E-state index in [1.165, 1.54) is 24.5 Å². The van der Waals surface area contributed by atoms with Crippen molar-refractivity contribution < 1.29 is 20.1 Å². The molecule has 1 aromatic carbocycles. The van der Waals surface area contributed by atoms with Gasteiger partial charge in [-0.2, -0.15) is 0 Å². The fraction of sp³-hybridized carbons (Fsp3) is 0. The normalized spacial score (nSPS) is 11.0. The van der Waals surface area contributed by atoms with E-state index >= 15 is 0 Å². The standard InChI is InChI=1S/C12H10B2N2O4/c17-13(18)9-3-5-15-11-7(9)1-2-8-10(14(19)20)4-6-16-12(8)11/h1-6,17-20H. The Labute approximate surface area is 114 Å². The Morgan fingerprint density at radius 3 is 1.40 bits per heavy atom. The van der Waals surface area contributed by atoms with Gasteiger partial charge < -0.3 is 20.1 Å². The van der Waals surface area contributed by atoms with E-state index in [4.69, 9.17) is 0 Å². The maximum atomic E-state index is 9.36. The molecule has 8 heteroatoms. The van der Waals surface area contributed by atoms with Crippen LogP contribution in [0.4, 0.5) is 0 Å². The minimum Gasteiger partial charge on any atom is -0.423 e. The van der Waals surface area contributed by atoms with Gasteiger partial charge in [-0.05, 0) is 23.1 Å². The number of hydrogen-bond acceptors (Lipinski definition) is 6. The van der Waals surface area contributed by atoms with E-state index < -0.39 is 14.2 Å². The summed E-state index contributed by atoms with van der Waals surface area (Å²) in [5, 5.41) is 38.6. The number of rotatable bonds is 2. The van der Waals surface area contributed by atoms with Crippen LogP contribution < -0.4 is 10.9 Å². The molecule has 3 rings (SSSR count). The van der Waals surface area contributed by atoms with Crippen LogP contribution in [0.15, 0.2) is 36.7 Å². The molecule has 0 atom stereocenters. The zero-order chi connectivity index (χ0) is 14.3. The molecule has 0 aliphatic rings. The van der Waals surface area contributed by atoms with E-state index in [2.05, 4.69) is 9.97 Å². The van der Waals surface area contributed by atoms with Crippen molar-refractivity contribution in [3.63, 3.8) is 0 Å². The first-order chi connectivity index (χ1) is 9.59. The van der Waals surface area contributed by atoms with Crippen LogP contribution in [-0.4, -0.2) is 44.3 Å². The summed E-state index contributed by atoms with van der Waals surface area (Å²) in [6.07, 6.45) is 2.92. The molecule has 2 aromatic heterocycles. The minimum absolute atomic E-state index is 0.327. The van der Waals surface area contributed by atoms with Gasteiger partial charge in [-0.3, -0.25) is 9.97 Å². The molecule has 0 spiro atoms. The summed E-state index contributed by atoms with van der Waals surface area (Å²) in [5.41, 5.74) is 1.62. The lowest BCUT2D eigenvalue weighted by molar-refractivity contribution is 0.425. The van der Waals surface area contributed by atoms with Crippen molar-refractivity contribution in [3.8, 4) is 0 Å². The van der Waals surface area contributed by atoms with Gasteiger partial charge in [-0.15, -0.1) is 0 Å². The molecule has 0 radical (unpaired) electrons. The third-order valence-electron chi connectivity index (χ3n) is 3.25. The van der Waals surface area contributed by atoms with Gasteiger partial charge >= 0.3 is 14.2 Å². The second-order valence-corrected chi connectivity index (χ2v) is 4.41. The molecule has 4 N–H and O–H groups in total. The van der Waals surface area contributed by atoms with Gasteiger partial charge in [0, 0.05) is 23.2 Å². The van der Waals surface area contributed by atoms with Gasteiger partial charge in [0.15, 0.2) is 0 Å². The fourth-order valence-electron chi connectivity index (χ4n) is 2.32. The second-order valence-electron chi connectivity index (χ2n) is 4.41. The van der Waals surface area contributed by atoms with Gasteiger partial charge in [-0.1, -0.05) is 12.1 Å². The maximum absolute atomic E-state index is 9.36. The molecule has 0 saturated heterocycles. The zero-order valence-corrected chi connectivity index (χ0v) is 10.3. The Kier molecular flexibility index (Phi) is 3.15. The van der Waals surface area contributed by atoms with Crippen LogP contribution in [0.5, 0.6) is 0 Å². The smallest absolute Gasteiger partial charge is 0.423 e. The first-order valence-electron chi connectivity index (χ1n) is 5.98. The zero-order valence-electron chi connectivity index (χ0n) is 10.3. The molecular formula is C12H10B2N2O4. The predicted molar refractivity (Wildman–Crippen MR) is 76.7 cm³/mol. The lowest BCUT2D eigenvalue weighted by Crippen LogP contribution is -2.32. The highest BCUT2D eigenvalue weighted by Gasteiger charge is 2.19. The third-order valence-corrected chi connectivity index (χ3v) is 3.25. The summed E-state index contributed by atoms with van der Waals surface area (Å²) < 4.78 is 0. The van der Waals surface area contributed by atoms with E-state index in [1.807, 2.05) is 0 Å². The molecule has 0 unspecified atom stereocenters. The Bertz CT molecular complexity index is 728. The Hall–Kier alpha value is -1.99. The molecule has 0 aliphatic heterocycles. The Morgan fingerprint density at radius 1 is 0.650 bits per heavy atom. The number of pyridine rings is 2. The topological polar surface area (TPSA) is 107 Å². The van der Waals surface area contributed by atoms with Gasteiger partial charge in [-0.25, -0.2) is 0 Å². The summed E-state index contributed by atoms with van der Waals surface area (Å²) in [4.78, 5) is 8.41. The van der Waals surface area contributed by atoms with Crippen LogP contribution in [0.3, 0.4) is 0 Å². The van der Waals surface area contributed by atoms with Crippen LogP contribution in [-0.2, 0) is 0 Å². The van der Waals surface area contributed by atoms with Crippen LogP contribution >= 0.6 is 0 Å². The second kappa shape index (κ2) is 4.84. The van der Waals surface area contributed by atoms with Gasteiger partial charge in [0.2, 0.25) is 0 Å². The Morgan fingerprint density at radius 2 is 1.05 bits per heavy atom. The third kappa shape index (κ3) is 1.95. The average molecular weight is 268 g/mol. The van der Waals surface area contributed by atoms with E-state index in [-0.39, 0.29) is 0 Å². The first-order valence-corrected chi connectivity index (χ1v) is 5.98. The summed E-state index contributed by atoms with van der Waals surface area (Å²) >= 11 is 0. The molecule has 0 aliphatic carbocycles. The largest absolute Gasteiger partial charge is 0.489 e. The predicted octanol–water partition coefficient (Wildman–Crippen LogP) is -1.86. The molecule has 3 aromatic rings. The van der Waals surface area contributed by atoms with Crippen molar-refractivity contribution in [1.29, 1.82) is 0 Å². The van der Waals surface area contributed by atoms with Gasteiger partial charge in [0.25, 0.3) is 0 Å². The molecule has 0 bridgehead atoms. The van der Waals surface area contributed by atoms with Crippen molar-refractivity contribution in [2.75, 3.05) is 0 Å². The number of fused-ring (bicyclic) bond motifs is 3. The van der Waals surface area contributed by atoms with E-state index in [0.29, 0.717) is 32.7 Å². The molecule has 0 saturated carbocycles. The summed E-state index contributed by atoms with van der Waals surface area (Å²) in [6, 6.07) is 6.35. The molecule has 20 heavy (non-hydrogen) atoms. The minimum atomic E-state index is -1.61. The molecule has 6 nitrogen and oxygen atoms in total. The van der Waals surface area contributed by atoms with Crippen molar-refractivity contribution in [2.24, 2.45) is 0 Å². The summed E-state index contributed by atoms with van der Waals surface area (Å²) in [7, 11) is -3.21.